The summed E-state index contributed by atoms with van der Waals surface area (Å²) in [5.41, 5.74) is 0.614. The third-order valence-electron chi connectivity index (χ3n) is 5.63. The zero-order valence-electron chi connectivity index (χ0n) is 15.8. The lowest BCUT2D eigenvalue weighted by molar-refractivity contribution is -0.139. The Morgan fingerprint density at radius 2 is 1.48 bits per heavy atom. The van der Waals surface area contributed by atoms with Crippen molar-refractivity contribution in [2.75, 3.05) is 26.2 Å². The van der Waals surface area contributed by atoms with Crippen LogP contribution in [-0.4, -0.2) is 48.8 Å². The van der Waals surface area contributed by atoms with Gasteiger partial charge in [0, 0.05) is 43.6 Å². The summed E-state index contributed by atoms with van der Waals surface area (Å²) < 4.78 is 0. The quantitative estimate of drug-likeness (QED) is 0.751. The largest absolute Gasteiger partial charge is 0.354 e. The van der Waals surface area contributed by atoms with E-state index in [1.165, 1.54) is 0 Å². The molecule has 2 N–H and O–H groups in total. The SMILES string of the molecule is O=C(NCCNC(=O)C1CCN(C(=O)C2CCCC2)CC1)c1ccccc1. The molecule has 0 bridgehead atoms. The summed E-state index contributed by atoms with van der Waals surface area (Å²) in [6.07, 6.45) is 5.81. The van der Waals surface area contributed by atoms with Gasteiger partial charge in [-0.25, -0.2) is 0 Å². The van der Waals surface area contributed by atoms with Gasteiger partial charge < -0.3 is 15.5 Å². The summed E-state index contributed by atoms with van der Waals surface area (Å²) in [5, 5.41) is 5.71. The van der Waals surface area contributed by atoms with Gasteiger partial charge in [-0.1, -0.05) is 31.0 Å². The van der Waals surface area contributed by atoms with Crippen LogP contribution in [0.4, 0.5) is 0 Å². The Hall–Kier alpha value is -2.37. The van der Waals surface area contributed by atoms with E-state index in [-0.39, 0.29) is 29.6 Å². The van der Waals surface area contributed by atoms with Crippen molar-refractivity contribution >= 4 is 17.7 Å². The normalized spacial score (nSPS) is 18.3. The molecule has 0 spiro atoms. The van der Waals surface area contributed by atoms with Crippen LogP contribution in [0.2, 0.25) is 0 Å². The van der Waals surface area contributed by atoms with E-state index >= 15 is 0 Å². The van der Waals surface area contributed by atoms with E-state index in [0.29, 0.717) is 31.7 Å². The summed E-state index contributed by atoms with van der Waals surface area (Å²) in [7, 11) is 0. The second-order valence-electron chi connectivity index (χ2n) is 7.49. The van der Waals surface area contributed by atoms with Gasteiger partial charge in [-0.05, 0) is 37.8 Å². The van der Waals surface area contributed by atoms with Crippen molar-refractivity contribution in [1.82, 2.24) is 15.5 Å². The minimum atomic E-state index is -0.136. The topological polar surface area (TPSA) is 78.5 Å². The highest BCUT2D eigenvalue weighted by Crippen LogP contribution is 2.28. The monoisotopic (exact) mass is 371 g/mol. The molecule has 146 valence electrons. The molecule has 1 aromatic carbocycles. The van der Waals surface area contributed by atoms with Crippen molar-refractivity contribution in [2.45, 2.75) is 38.5 Å². The number of likely N-dealkylation sites (tertiary alicyclic amines) is 1. The second kappa shape index (κ2) is 9.53. The first-order valence-corrected chi connectivity index (χ1v) is 10.0. The number of piperidine rings is 1. The number of amides is 3. The van der Waals surface area contributed by atoms with Crippen molar-refractivity contribution in [1.29, 1.82) is 0 Å². The Bertz CT molecular complexity index is 648. The first kappa shape index (κ1) is 19.4. The fraction of sp³-hybridized carbons (Fsp3) is 0.571. The standard InChI is InChI=1S/C21H29N3O3/c25-19(16-6-2-1-3-7-16)22-12-13-23-20(26)17-10-14-24(15-11-17)21(27)18-8-4-5-9-18/h1-3,6-7,17-18H,4-5,8-15H2,(H,22,25)(H,23,26). The molecule has 2 fully saturated rings. The minimum Gasteiger partial charge on any atom is -0.354 e. The number of nitrogens with one attached hydrogen (secondary N) is 2. The van der Waals surface area contributed by atoms with Gasteiger partial charge in [0.25, 0.3) is 5.91 Å². The van der Waals surface area contributed by atoms with Crippen molar-refractivity contribution in [3.8, 4) is 0 Å². The molecule has 0 radical (unpaired) electrons. The first-order valence-electron chi connectivity index (χ1n) is 10.0. The summed E-state index contributed by atoms with van der Waals surface area (Å²) in [5.74, 6) is 0.349. The molecule has 1 aliphatic heterocycles. The van der Waals surface area contributed by atoms with E-state index in [9.17, 15) is 14.4 Å². The number of carbonyl (C=O) groups excluding carboxylic acids is 3. The van der Waals surface area contributed by atoms with Gasteiger partial charge in [0.05, 0.1) is 0 Å². The lowest BCUT2D eigenvalue weighted by Gasteiger charge is -2.33. The molecule has 6 heteroatoms. The van der Waals surface area contributed by atoms with E-state index < -0.39 is 0 Å². The molecule has 27 heavy (non-hydrogen) atoms. The molecular weight excluding hydrogens is 342 g/mol. The van der Waals surface area contributed by atoms with Crippen LogP contribution >= 0.6 is 0 Å². The molecule has 1 saturated heterocycles. The first-order chi connectivity index (χ1) is 13.1. The predicted molar refractivity (Wildman–Crippen MR) is 103 cm³/mol. The molecule has 0 unspecified atom stereocenters. The van der Waals surface area contributed by atoms with E-state index in [4.69, 9.17) is 0 Å². The molecule has 0 aromatic heterocycles. The fourth-order valence-electron chi connectivity index (χ4n) is 3.99. The maximum Gasteiger partial charge on any atom is 0.251 e. The Morgan fingerprint density at radius 3 is 2.15 bits per heavy atom. The van der Waals surface area contributed by atoms with E-state index in [2.05, 4.69) is 10.6 Å². The van der Waals surface area contributed by atoms with Crippen LogP contribution in [-0.2, 0) is 9.59 Å². The van der Waals surface area contributed by atoms with Gasteiger partial charge in [-0.3, -0.25) is 14.4 Å². The molecular formula is C21H29N3O3. The number of rotatable bonds is 6. The summed E-state index contributed by atoms with van der Waals surface area (Å²) in [4.78, 5) is 38.7. The molecule has 1 aliphatic carbocycles. The van der Waals surface area contributed by atoms with Crippen molar-refractivity contribution < 1.29 is 14.4 Å². The number of benzene rings is 1. The number of carbonyl (C=O) groups is 3. The highest BCUT2D eigenvalue weighted by atomic mass is 16.2. The third-order valence-corrected chi connectivity index (χ3v) is 5.63. The van der Waals surface area contributed by atoms with Gasteiger partial charge in [0.15, 0.2) is 0 Å². The number of nitrogens with zero attached hydrogens (tertiary/aromatic N) is 1. The minimum absolute atomic E-state index is 0.0249. The highest BCUT2D eigenvalue weighted by molar-refractivity contribution is 5.94. The van der Waals surface area contributed by atoms with Gasteiger partial charge in [-0.2, -0.15) is 0 Å². The molecule has 0 atom stereocenters. The number of hydrogen-bond acceptors (Lipinski definition) is 3. The van der Waals surface area contributed by atoms with Crippen LogP contribution in [0, 0.1) is 11.8 Å². The molecule has 1 saturated carbocycles. The van der Waals surface area contributed by atoms with Crippen molar-refractivity contribution in [3.63, 3.8) is 0 Å². The Kier molecular flexibility index (Phi) is 6.85. The highest BCUT2D eigenvalue weighted by Gasteiger charge is 2.31. The van der Waals surface area contributed by atoms with E-state index in [0.717, 1.165) is 38.5 Å². The third kappa shape index (κ3) is 5.31. The maximum atomic E-state index is 12.5. The average molecular weight is 371 g/mol. The smallest absolute Gasteiger partial charge is 0.251 e. The summed E-state index contributed by atoms with van der Waals surface area (Å²) >= 11 is 0. The van der Waals surface area contributed by atoms with Gasteiger partial charge in [0.1, 0.15) is 0 Å². The van der Waals surface area contributed by atoms with Crippen LogP contribution in [0.25, 0.3) is 0 Å². The zero-order chi connectivity index (χ0) is 19.1. The lowest BCUT2D eigenvalue weighted by atomic mass is 9.94. The molecule has 3 amide bonds. The van der Waals surface area contributed by atoms with Crippen LogP contribution < -0.4 is 10.6 Å². The molecule has 1 aromatic rings. The second-order valence-corrected chi connectivity index (χ2v) is 7.49. The Labute approximate surface area is 160 Å². The zero-order valence-corrected chi connectivity index (χ0v) is 15.8. The van der Waals surface area contributed by atoms with Crippen LogP contribution in [0.15, 0.2) is 30.3 Å². The van der Waals surface area contributed by atoms with Crippen molar-refractivity contribution in [3.05, 3.63) is 35.9 Å². The molecule has 1 heterocycles. The van der Waals surface area contributed by atoms with Crippen molar-refractivity contribution in [2.24, 2.45) is 11.8 Å². The molecule has 6 nitrogen and oxygen atoms in total. The summed E-state index contributed by atoms with van der Waals surface area (Å²) in [6.45, 7) is 2.17. The number of hydrogen-bond donors (Lipinski definition) is 2. The lowest BCUT2D eigenvalue weighted by Crippen LogP contribution is -2.45. The van der Waals surface area contributed by atoms with Crippen LogP contribution in [0.5, 0.6) is 0 Å². The van der Waals surface area contributed by atoms with Gasteiger partial charge >= 0.3 is 0 Å². The molecule has 2 aliphatic rings. The van der Waals surface area contributed by atoms with E-state index in [1.807, 2.05) is 23.1 Å². The maximum absolute atomic E-state index is 12.5. The van der Waals surface area contributed by atoms with Gasteiger partial charge in [-0.15, -0.1) is 0 Å². The van der Waals surface area contributed by atoms with Crippen LogP contribution in [0.3, 0.4) is 0 Å². The van der Waals surface area contributed by atoms with E-state index in [1.54, 1.807) is 12.1 Å². The van der Waals surface area contributed by atoms with Gasteiger partial charge in [0.2, 0.25) is 11.8 Å². The predicted octanol–water partition coefficient (Wildman–Crippen LogP) is 1.96. The summed E-state index contributed by atoms with van der Waals surface area (Å²) in [6, 6.07) is 9.02. The van der Waals surface area contributed by atoms with Crippen LogP contribution in [0.1, 0.15) is 48.9 Å². The molecule has 3 rings (SSSR count). The Morgan fingerprint density at radius 1 is 0.852 bits per heavy atom. The Balaban J connectivity index is 1.32. The average Bonchev–Trinajstić information content (AvgIpc) is 3.26. The fourth-order valence-corrected chi connectivity index (χ4v) is 3.99.